The van der Waals surface area contributed by atoms with E-state index in [4.69, 9.17) is 16.3 Å². The largest absolute Gasteiger partial charge is 0.370 e. The Morgan fingerprint density at radius 1 is 1.12 bits per heavy atom. The lowest BCUT2D eigenvalue weighted by Crippen LogP contribution is -2.39. The van der Waals surface area contributed by atoms with E-state index in [1.54, 1.807) is 6.33 Å². The lowest BCUT2D eigenvalue weighted by Gasteiger charge is -2.34. The molecule has 0 bridgehead atoms. The third-order valence-corrected chi connectivity index (χ3v) is 4.95. The number of hydrogen-bond acceptors (Lipinski definition) is 4. The molecule has 0 spiro atoms. The summed E-state index contributed by atoms with van der Waals surface area (Å²) in [5.74, 6) is 0.932. The SMILES string of the molecule is Clc1ccc2c(N3CCOC(c4ccc(Br)cc4)C3)ncnc2c1. The van der Waals surface area contributed by atoms with Crippen LogP contribution in [-0.2, 0) is 4.74 Å². The molecule has 0 N–H and O–H groups in total. The van der Waals surface area contributed by atoms with Crippen molar-refractivity contribution in [3.8, 4) is 0 Å². The van der Waals surface area contributed by atoms with Crippen molar-refractivity contribution in [3.05, 3.63) is 63.9 Å². The first-order chi connectivity index (χ1) is 11.7. The second kappa shape index (κ2) is 6.67. The van der Waals surface area contributed by atoms with Gasteiger partial charge >= 0.3 is 0 Å². The van der Waals surface area contributed by atoms with Crippen LogP contribution in [0.3, 0.4) is 0 Å². The van der Waals surface area contributed by atoms with Gasteiger partial charge in [-0.15, -0.1) is 0 Å². The van der Waals surface area contributed by atoms with Crippen LogP contribution in [0.4, 0.5) is 5.82 Å². The van der Waals surface area contributed by atoms with E-state index in [-0.39, 0.29) is 6.10 Å². The average molecular weight is 405 g/mol. The Kier molecular flexibility index (Phi) is 4.39. The van der Waals surface area contributed by atoms with Crippen molar-refractivity contribution in [1.29, 1.82) is 0 Å². The third-order valence-electron chi connectivity index (χ3n) is 4.19. The van der Waals surface area contributed by atoms with Gasteiger partial charge in [-0.3, -0.25) is 0 Å². The molecule has 0 saturated carbocycles. The summed E-state index contributed by atoms with van der Waals surface area (Å²) in [5, 5.41) is 1.69. The van der Waals surface area contributed by atoms with E-state index in [1.807, 2.05) is 30.3 Å². The van der Waals surface area contributed by atoms with Crippen LogP contribution in [0.25, 0.3) is 10.9 Å². The number of nitrogens with zero attached hydrogens (tertiary/aromatic N) is 3. The van der Waals surface area contributed by atoms with Gasteiger partial charge in [-0.2, -0.15) is 0 Å². The lowest BCUT2D eigenvalue weighted by atomic mass is 10.1. The Balaban J connectivity index is 1.66. The van der Waals surface area contributed by atoms with Gasteiger partial charge in [0.05, 0.1) is 12.1 Å². The lowest BCUT2D eigenvalue weighted by molar-refractivity contribution is 0.0396. The fourth-order valence-corrected chi connectivity index (χ4v) is 3.42. The second-order valence-corrected chi connectivity index (χ2v) is 7.07. The van der Waals surface area contributed by atoms with E-state index in [2.05, 4.69) is 42.9 Å². The summed E-state index contributed by atoms with van der Waals surface area (Å²) in [6, 6.07) is 14.0. The summed E-state index contributed by atoms with van der Waals surface area (Å²) in [4.78, 5) is 11.1. The summed E-state index contributed by atoms with van der Waals surface area (Å²) in [6.07, 6.45) is 1.63. The van der Waals surface area contributed by atoms with Crippen LogP contribution in [0.15, 0.2) is 53.3 Å². The minimum absolute atomic E-state index is 0.0316. The van der Waals surface area contributed by atoms with Crippen LogP contribution in [0, 0.1) is 0 Å². The molecule has 4 nitrogen and oxygen atoms in total. The first kappa shape index (κ1) is 15.8. The van der Waals surface area contributed by atoms with E-state index >= 15 is 0 Å². The van der Waals surface area contributed by atoms with Gasteiger partial charge in [0.2, 0.25) is 0 Å². The molecule has 24 heavy (non-hydrogen) atoms. The monoisotopic (exact) mass is 403 g/mol. The molecule has 1 unspecified atom stereocenters. The summed E-state index contributed by atoms with van der Waals surface area (Å²) < 4.78 is 7.03. The fourth-order valence-electron chi connectivity index (χ4n) is 2.99. The Morgan fingerprint density at radius 2 is 1.96 bits per heavy atom. The maximum atomic E-state index is 6.07. The van der Waals surface area contributed by atoms with Crippen LogP contribution >= 0.6 is 27.5 Å². The molecule has 0 aliphatic carbocycles. The number of morpholine rings is 1. The van der Waals surface area contributed by atoms with Gasteiger partial charge in [-0.25, -0.2) is 9.97 Å². The standard InChI is InChI=1S/C18H15BrClN3O/c19-13-3-1-12(2-4-13)17-10-23(7-8-24-17)18-15-6-5-14(20)9-16(15)21-11-22-18/h1-6,9,11,17H,7-8,10H2. The number of hydrogen-bond donors (Lipinski definition) is 0. The van der Waals surface area contributed by atoms with Crippen molar-refractivity contribution in [2.24, 2.45) is 0 Å². The van der Waals surface area contributed by atoms with Crippen molar-refractivity contribution in [1.82, 2.24) is 9.97 Å². The molecule has 6 heteroatoms. The van der Waals surface area contributed by atoms with E-state index in [0.29, 0.717) is 11.6 Å². The Labute approximate surface area is 153 Å². The zero-order chi connectivity index (χ0) is 16.5. The highest BCUT2D eigenvalue weighted by Gasteiger charge is 2.24. The molecular formula is C18H15BrClN3O. The Hall–Kier alpha value is -1.69. The molecule has 2 heterocycles. The molecular weight excluding hydrogens is 390 g/mol. The maximum absolute atomic E-state index is 6.07. The van der Waals surface area contributed by atoms with Gasteiger partial charge in [0.15, 0.2) is 0 Å². The molecule has 3 aromatic rings. The fraction of sp³-hybridized carbons (Fsp3) is 0.222. The van der Waals surface area contributed by atoms with E-state index < -0.39 is 0 Å². The van der Waals surface area contributed by atoms with Crippen LogP contribution in [0.2, 0.25) is 5.02 Å². The Bertz CT molecular complexity index is 872. The summed E-state index contributed by atoms with van der Waals surface area (Å²) in [5.41, 5.74) is 2.03. The number of halogens is 2. The van der Waals surface area contributed by atoms with Crippen molar-refractivity contribution in [2.75, 3.05) is 24.6 Å². The van der Waals surface area contributed by atoms with Gasteiger partial charge < -0.3 is 9.64 Å². The molecule has 1 aliphatic heterocycles. The third kappa shape index (κ3) is 3.11. The van der Waals surface area contributed by atoms with Gasteiger partial charge in [-0.05, 0) is 35.9 Å². The van der Waals surface area contributed by atoms with Crippen molar-refractivity contribution in [2.45, 2.75) is 6.10 Å². The first-order valence-electron chi connectivity index (χ1n) is 7.73. The van der Waals surface area contributed by atoms with E-state index in [0.717, 1.165) is 34.3 Å². The maximum Gasteiger partial charge on any atom is 0.140 e. The quantitative estimate of drug-likeness (QED) is 0.624. The summed E-state index contributed by atoms with van der Waals surface area (Å²) in [7, 11) is 0. The highest BCUT2D eigenvalue weighted by molar-refractivity contribution is 9.10. The molecule has 1 aromatic heterocycles. The highest BCUT2D eigenvalue weighted by Crippen LogP contribution is 2.30. The van der Waals surface area contributed by atoms with Crippen molar-refractivity contribution in [3.63, 3.8) is 0 Å². The molecule has 1 aliphatic rings. The predicted octanol–water partition coefficient (Wildman–Crippen LogP) is 4.62. The van der Waals surface area contributed by atoms with Crippen LogP contribution < -0.4 is 4.90 Å². The molecule has 122 valence electrons. The molecule has 1 saturated heterocycles. The zero-order valence-electron chi connectivity index (χ0n) is 12.8. The minimum atomic E-state index is 0.0316. The summed E-state index contributed by atoms with van der Waals surface area (Å²) >= 11 is 9.55. The average Bonchev–Trinajstić information content (AvgIpc) is 2.61. The number of rotatable bonds is 2. The molecule has 1 fully saturated rings. The van der Waals surface area contributed by atoms with Crippen molar-refractivity contribution < 1.29 is 4.74 Å². The van der Waals surface area contributed by atoms with Crippen LogP contribution in [0.1, 0.15) is 11.7 Å². The predicted molar refractivity (Wildman–Crippen MR) is 99.6 cm³/mol. The molecule has 2 aromatic carbocycles. The van der Waals surface area contributed by atoms with Gasteiger partial charge in [0.25, 0.3) is 0 Å². The molecule has 4 rings (SSSR count). The molecule has 0 radical (unpaired) electrons. The number of fused-ring (bicyclic) bond motifs is 1. The number of aromatic nitrogens is 2. The van der Waals surface area contributed by atoms with Gasteiger partial charge in [0, 0.05) is 28.0 Å². The highest BCUT2D eigenvalue weighted by atomic mass is 79.9. The minimum Gasteiger partial charge on any atom is -0.370 e. The number of ether oxygens (including phenoxy) is 1. The number of benzene rings is 2. The first-order valence-corrected chi connectivity index (χ1v) is 8.90. The Morgan fingerprint density at radius 3 is 2.79 bits per heavy atom. The van der Waals surface area contributed by atoms with E-state index in [9.17, 15) is 0 Å². The second-order valence-electron chi connectivity index (χ2n) is 5.72. The zero-order valence-corrected chi connectivity index (χ0v) is 15.2. The normalized spacial score (nSPS) is 18.1. The number of anilines is 1. The van der Waals surface area contributed by atoms with Crippen molar-refractivity contribution >= 4 is 44.3 Å². The molecule has 0 amide bonds. The smallest absolute Gasteiger partial charge is 0.140 e. The molecule has 1 atom stereocenters. The summed E-state index contributed by atoms with van der Waals surface area (Å²) in [6.45, 7) is 2.23. The topological polar surface area (TPSA) is 38.2 Å². The van der Waals surface area contributed by atoms with Gasteiger partial charge in [0.1, 0.15) is 18.2 Å². The van der Waals surface area contributed by atoms with Crippen LogP contribution in [0.5, 0.6) is 0 Å². The van der Waals surface area contributed by atoms with Crippen LogP contribution in [-0.4, -0.2) is 29.7 Å². The van der Waals surface area contributed by atoms with Gasteiger partial charge in [-0.1, -0.05) is 39.7 Å². The van der Waals surface area contributed by atoms with E-state index in [1.165, 1.54) is 5.56 Å².